The second-order valence-electron chi connectivity index (χ2n) is 3.45. The number of aliphatic carboxylic acids is 2. The van der Waals surface area contributed by atoms with Crippen molar-refractivity contribution in [1.82, 2.24) is 12.3 Å². The smallest absolute Gasteiger partial charge is 0.320 e. The van der Waals surface area contributed by atoms with Gasteiger partial charge in [0, 0.05) is 0 Å². The van der Waals surface area contributed by atoms with Crippen LogP contribution in [-0.4, -0.2) is 58.3 Å². The van der Waals surface area contributed by atoms with Gasteiger partial charge in [-0.25, -0.2) is 0 Å². The molecule has 10 heteroatoms. The van der Waals surface area contributed by atoms with E-state index in [0.29, 0.717) is 12.8 Å². The predicted molar refractivity (Wildman–Crippen MR) is 87.3 cm³/mol. The number of carboxylic acids is 2. The molecule has 0 aromatic carbocycles. The van der Waals surface area contributed by atoms with Gasteiger partial charge in [-0.3, -0.25) is 9.59 Å². The Balaban J connectivity index is -0.000000116. The van der Waals surface area contributed by atoms with E-state index < -0.39 is 24.0 Å². The molecule has 8 nitrogen and oxygen atoms in total. The van der Waals surface area contributed by atoms with E-state index in [1.54, 1.807) is 23.5 Å². The highest BCUT2D eigenvalue weighted by atomic mass is 32.2. The molecule has 0 aliphatic heterocycles. The van der Waals surface area contributed by atoms with Gasteiger partial charge in [-0.15, -0.1) is 0 Å². The Morgan fingerprint density at radius 1 is 0.900 bits per heavy atom. The lowest BCUT2D eigenvalue weighted by Crippen LogP contribution is -2.30. The van der Waals surface area contributed by atoms with Crippen LogP contribution in [0.25, 0.3) is 0 Å². The minimum Gasteiger partial charge on any atom is -0.480 e. The molecule has 124 valence electrons. The molecule has 0 aliphatic carbocycles. The van der Waals surface area contributed by atoms with Crippen LogP contribution in [0.4, 0.5) is 0 Å². The SMILES string of the molecule is CSCCC(N)C(=O)O.CSCCC(N)C(=O)O.N.N. The highest BCUT2D eigenvalue weighted by Crippen LogP contribution is 1.98. The Bertz CT molecular complexity index is 223. The Kier molecular flexibility index (Phi) is 25.7. The molecule has 0 radical (unpaired) electrons. The van der Waals surface area contributed by atoms with Crippen molar-refractivity contribution in [1.29, 1.82) is 0 Å². The first kappa shape index (κ1) is 27.8. The van der Waals surface area contributed by atoms with E-state index in [-0.39, 0.29) is 12.3 Å². The normalized spacial score (nSPS) is 11.8. The van der Waals surface area contributed by atoms with Crippen LogP contribution in [0.5, 0.6) is 0 Å². The average molecular weight is 332 g/mol. The predicted octanol–water partition coefficient (Wildman–Crippen LogP) is 0.627. The van der Waals surface area contributed by atoms with Gasteiger partial charge in [0.25, 0.3) is 0 Å². The Labute approximate surface area is 128 Å². The summed E-state index contributed by atoms with van der Waals surface area (Å²) in [5.41, 5.74) is 10.4. The lowest BCUT2D eigenvalue weighted by molar-refractivity contribution is -0.139. The van der Waals surface area contributed by atoms with Gasteiger partial charge in [0.1, 0.15) is 12.1 Å². The Hall–Kier alpha value is -0.520. The van der Waals surface area contributed by atoms with Gasteiger partial charge >= 0.3 is 11.9 Å². The van der Waals surface area contributed by atoms with Crippen LogP contribution in [0, 0.1) is 0 Å². The van der Waals surface area contributed by atoms with Gasteiger partial charge in [-0.2, -0.15) is 23.5 Å². The highest BCUT2D eigenvalue weighted by molar-refractivity contribution is 7.98. The molecular formula is C10H28N4O4S2. The average Bonchev–Trinajstić information content (AvgIpc) is 2.33. The van der Waals surface area contributed by atoms with E-state index in [2.05, 4.69) is 0 Å². The molecule has 12 N–H and O–H groups in total. The van der Waals surface area contributed by atoms with Crippen LogP contribution in [-0.2, 0) is 9.59 Å². The van der Waals surface area contributed by atoms with Crippen LogP contribution in [0.15, 0.2) is 0 Å². The molecule has 0 spiro atoms. The van der Waals surface area contributed by atoms with Crippen molar-refractivity contribution in [3.8, 4) is 0 Å². The van der Waals surface area contributed by atoms with E-state index in [9.17, 15) is 9.59 Å². The Morgan fingerprint density at radius 3 is 1.30 bits per heavy atom. The molecule has 20 heavy (non-hydrogen) atoms. The van der Waals surface area contributed by atoms with Crippen molar-refractivity contribution < 1.29 is 19.8 Å². The summed E-state index contributed by atoms with van der Waals surface area (Å²) in [5.74, 6) is -0.200. The summed E-state index contributed by atoms with van der Waals surface area (Å²) in [5, 5.41) is 16.5. The standard InChI is InChI=1S/2C5H11NO2S.2H3N/c2*1-9-3-2-4(6)5(7)8;;/h2*4H,2-3,6H2,1H3,(H,7,8);2*1H3. The van der Waals surface area contributed by atoms with Crippen LogP contribution in [0.2, 0.25) is 0 Å². The van der Waals surface area contributed by atoms with Gasteiger partial charge in [0.2, 0.25) is 0 Å². The molecule has 0 rings (SSSR count). The number of hydrogen-bond acceptors (Lipinski definition) is 8. The van der Waals surface area contributed by atoms with E-state index in [0.717, 1.165) is 11.5 Å². The third kappa shape index (κ3) is 19.8. The van der Waals surface area contributed by atoms with Crippen molar-refractivity contribution in [3.05, 3.63) is 0 Å². The molecule has 2 unspecified atom stereocenters. The quantitative estimate of drug-likeness (QED) is 0.366. The topological polar surface area (TPSA) is 197 Å². The number of rotatable bonds is 8. The zero-order chi connectivity index (χ0) is 14.6. The summed E-state index contributed by atoms with van der Waals surface area (Å²) >= 11 is 3.21. The summed E-state index contributed by atoms with van der Waals surface area (Å²) in [7, 11) is 0. The zero-order valence-corrected chi connectivity index (χ0v) is 13.7. The molecule has 0 amide bonds. The fourth-order valence-electron chi connectivity index (χ4n) is 0.737. The van der Waals surface area contributed by atoms with Gasteiger partial charge < -0.3 is 34.0 Å². The van der Waals surface area contributed by atoms with Gasteiger partial charge in [0.15, 0.2) is 0 Å². The largest absolute Gasteiger partial charge is 0.480 e. The van der Waals surface area contributed by atoms with Crippen LogP contribution < -0.4 is 23.8 Å². The third-order valence-electron chi connectivity index (χ3n) is 1.90. The Morgan fingerprint density at radius 2 is 1.15 bits per heavy atom. The van der Waals surface area contributed by atoms with E-state index >= 15 is 0 Å². The van der Waals surface area contributed by atoms with E-state index in [1.165, 1.54) is 0 Å². The fraction of sp³-hybridized carbons (Fsp3) is 0.800. The third-order valence-corrected chi connectivity index (χ3v) is 3.19. The minimum atomic E-state index is -0.913. The number of thioether (sulfide) groups is 2. The number of nitrogens with two attached hydrogens (primary N) is 2. The monoisotopic (exact) mass is 332 g/mol. The number of carbonyl (C=O) groups is 2. The molecule has 0 fully saturated rings. The highest BCUT2D eigenvalue weighted by Gasteiger charge is 2.09. The first-order valence-corrected chi connectivity index (χ1v) is 8.10. The minimum absolute atomic E-state index is 0. The summed E-state index contributed by atoms with van der Waals surface area (Å²) in [6, 6.07) is -1.37. The summed E-state index contributed by atoms with van der Waals surface area (Å²) < 4.78 is 0. The molecule has 0 heterocycles. The van der Waals surface area contributed by atoms with Crippen LogP contribution >= 0.6 is 23.5 Å². The van der Waals surface area contributed by atoms with Crippen molar-refractivity contribution in [2.24, 2.45) is 11.5 Å². The first-order chi connectivity index (χ1) is 8.36. The molecular weight excluding hydrogens is 304 g/mol. The fourth-order valence-corrected chi connectivity index (χ4v) is 1.72. The zero-order valence-electron chi connectivity index (χ0n) is 12.1. The summed E-state index contributed by atoms with van der Waals surface area (Å²) in [6.07, 6.45) is 4.95. The number of hydrogen-bond donors (Lipinski definition) is 6. The van der Waals surface area contributed by atoms with Gasteiger partial charge in [-0.1, -0.05) is 0 Å². The van der Waals surface area contributed by atoms with E-state index in [1.807, 2.05) is 12.5 Å². The summed E-state index contributed by atoms with van der Waals surface area (Å²) in [4.78, 5) is 20.1. The van der Waals surface area contributed by atoms with Crippen LogP contribution in [0.1, 0.15) is 12.8 Å². The molecule has 0 saturated heterocycles. The van der Waals surface area contributed by atoms with Gasteiger partial charge in [0.05, 0.1) is 0 Å². The second kappa shape index (κ2) is 18.5. The second-order valence-corrected chi connectivity index (χ2v) is 5.42. The van der Waals surface area contributed by atoms with Crippen molar-refractivity contribution in [2.75, 3.05) is 24.0 Å². The lowest BCUT2D eigenvalue weighted by atomic mass is 10.2. The van der Waals surface area contributed by atoms with Crippen LogP contribution in [0.3, 0.4) is 0 Å². The van der Waals surface area contributed by atoms with Gasteiger partial charge in [-0.05, 0) is 36.9 Å². The number of carboxylic acid groups (broad SMARTS) is 2. The van der Waals surface area contributed by atoms with Crippen molar-refractivity contribution in [3.63, 3.8) is 0 Å². The molecule has 0 aromatic heterocycles. The molecule has 0 aromatic rings. The van der Waals surface area contributed by atoms with E-state index in [4.69, 9.17) is 21.7 Å². The van der Waals surface area contributed by atoms with Crippen molar-refractivity contribution in [2.45, 2.75) is 24.9 Å². The molecule has 0 bridgehead atoms. The summed E-state index contributed by atoms with van der Waals surface area (Å²) in [6.45, 7) is 0. The maximum absolute atomic E-state index is 10.1. The molecule has 0 aliphatic rings. The first-order valence-electron chi connectivity index (χ1n) is 5.31. The maximum atomic E-state index is 10.1. The molecule has 2 atom stereocenters. The van der Waals surface area contributed by atoms with Crippen molar-refractivity contribution >= 4 is 35.5 Å². The molecule has 0 saturated carbocycles. The maximum Gasteiger partial charge on any atom is 0.320 e. The lowest BCUT2D eigenvalue weighted by Gasteiger charge is -2.02.